The van der Waals surface area contributed by atoms with Crippen molar-refractivity contribution in [1.29, 1.82) is 0 Å². The molecule has 0 bridgehead atoms. The molecule has 0 aliphatic carbocycles. The second-order valence-electron chi connectivity index (χ2n) is 4.70. The predicted octanol–water partition coefficient (Wildman–Crippen LogP) is 4.86. The van der Waals surface area contributed by atoms with Gasteiger partial charge in [0, 0.05) is 23.6 Å². The van der Waals surface area contributed by atoms with Crippen LogP contribution in [0.4, 0.5) is 0 Å². The number of nitrogens with zero attached hydrogens (tertiary/aromatic N) is 1. The van der Waals surface area contributed by atoms with E-state index in [0.717, 1.165) is 16.6 Å². The minimum absolute atomic E-state index is 0.0742. The molecule has 7 heteroatoms. The lowest BCUT2D eigenvalue weighted by molar-refractivity contribution is -0.121. The Bertz CT molecular complexity index is 816. The number of fused-ring (bicyclic) bond motifs is 1. The van der Waals surface area contributed by atoms with Gasteiger partial charge in [-0.1, -0.05) is 53.3 Å². The number of nitrogens with one attached hydrogen (secondary N) is 1. The fraction of sp³-hybridized carbons (Fsp3) is 0.0667. The average molecular weight is 369 g/mol. The summed E-state index contributed by atoms with van der Waals surface area (Å²) >= 11 is 18.4. The van der Waals surface area contributed by atoms with Crippen LogP contribution in [0.15, 0.2) is 35.3 Å². The van der Waals surface area contributed by atoms with Gasteiger partial charge in [0.25, 0.3) is 5.91 Å². The van der Waals surface area contributed by atoms with E-state index in [1.165, 1.54) is 16.7 Å². The van der Waals surface area contributed by atoms with Crippen LogP contribution in [0.3, 0.4) is 0 Å². The van der Waals surface area contributed by atoms with E-state index in [1.54, 1.807) is 19.2 Å². The van der Waals surface area contributed by atoms with E-state index in [2.05, 4.69) is 4.98 Å². The summed E-state index contributed by atoms with van der Waals surface area (Å²) in [5, 5.41) is 2.02. The van der Waals surface area contributed by atoms with Crippen LogP contribution >= 0.6 is 47.2 Å². The standard InChI is InChI=1S/C15H10Cl2N2OS2/c1-19-14(20)13(22-15(19)21)4-2-3-9-5-8-6-10(16)11(17)7-12(8)18-9/h2-7,18H,1H3/b3-2-,13-4?. The number of H-pyrrole nitrogens is 1. The largest absolute Gasteiger partial charge is 0.355 e. The molecule has 2 aromatic rings. The van der Waals surface area contributed by atoms with Crippen LogP contribution in [-0.4, -0.2) is 27.2 Å². The van der Waals surface area contributed by atoms with Crippen LogP contribution in [-0.2, 0) is 4.79 Å². The van der Waals surface area contributed by atoms with Gasteiger partial charge in [-0.2, -0.15) is 0 Å². The van der Waals surface area contributed by atoms with Crippen molar-refractivity contribution in [2.75, 3.05) is 7.05 Å². The summed E-state index contributed by atoms with van der Waals surface area (Å²) in [5.74, 6) is -0.0742. The number of thioether (sulfide) groups is 1. The summed E-state index contributed by atoms with van der Waals surface area (Å²) in [7, 11) is 1.67. The Labute approximate surface area is 147 Å². The van der Waals surface area contributed by atoms with Crippen molar-refractivity contribution in [3.63, 3.8) is 0 Å². The lowest BCUT2D eigenvalue weighted by Crippen LogP contribution is -2.22. The SMILES string of the molecule is CN1C(=O)C(=C/C=C\c2cc3cc(Cl)c(Cl)cc3[nH]2)SC1=S. The molecule has 1 saturated heterocycles. The monoisotopic (exact) mass is 368 g/mol. The number of rotatable bonds is 2. The molecular weight excluding hydrogens is 359 g/mol. The van der Waals surface area contributed by atoms with Crippen LogP contribution in [0, 0.1) is 0 Å². The minimum atomic E-state index is -0.0742. The third-order valence-electron chi connectivity index (χ3n) is 3.19. The van der Waals surface area contributed by atoms with Gasteiger partial charge in [-0.25, -0.2) is 0 Å². The van der Waals surface area contributed by atoms with E-state index in [9.17, 15) is 4.79 Å². The predicted molar refractivity (Wildman–Crippen MR) is 98.4 cm³/mol. The molecule has 0 saturated carbocycles. The maximum Gasteiger partial charge on any atom is 0.265 e. The van der Waals surface area contributed by atoms with Gasteiger partial charge in [-0.3, -0.25) is 9.69 Å². The zero-order valence-corrected chi connectivity index (χ0v) is 14.5. The highest BCUT2D eigenvalue weighted by Gasteiger charge is 2.27. The van der Waals surface area contributed by atoms with Crippen molar-refractivity contribution in [3.05, 3.63) is 51.0 Å². The molecule has 1 aromatic heterocycles. The molecule has 3 nitrogen and oxygen atoms in total. The highest BCUT2D eigenvalue weighted by atomic mass is 35.5. The summed E-state index contributed by atoms with van der Waals surface area (Å²) < 4.78 is 0.569. The summed E-state index contributed by atoms with van der Waals surface area (Å²) in [4.78, 5) is 17.2. The van der Waals surface area contributed by atoms with E-state index < -0.39 is 0 Å². The van der Waals surface area contributed by atoms with Gasteiger partial charge in [0.1, 0.15) is 4.32 Å². The Hall–Kier alpha value is -1.27. The fourth-order valence-electron chi connectivity index (χ4n) is 2.04. The summed E-state index contributed by atoms with van der Waals surface area (Å²) in [6.45, 7) is 0. The number of aromatic amines is 1. The van der Waals surface area contributed by atoms with Crippen molar-refractivity contribution in [1.82, 2.24) is 9.88 Å². The van der Waals surface area contributed by atoms with Gasteiger partial charge in [-0.15, -0.1) is 0 Å². The minimum Gasteiger partial charge on any atom is -0.355 e. The molecule has 0 atom stereocenters. The van der Waals surface area contributed by atoms with Crippen molar-refractivity contribution in [2.24, 2.45) is 0 Å². The number of likely N-dealkylation sites (N-methyl/N-ethyl adjacent to an activating group) is 1. The Kier molecular flexibility index (Phi) is 4.32. The molecule has 112 valence electrons. The normalized spacial score (nSPS) is 17.6. The number of amides is 1. The van der Waals surface area contributed by atoms with Gasteiger partial charge >= 0.3 is 0 Å². The maximum absolute atomic E-state index is 11.9. The van der Waals surface area contributed by atoms with Crippen LogP contribution in [0.2, 0.25) is 10.0 Å². The Morgan fingerprint density at radius 2 is 2.00 bits per heavy atom. The quantitative estimate of drug-likeness (QED) is 0.607. The van der Waals surface area contributed by atoms with Crippen molar-refractivity contribution >= 4 is 74.4 Å². The molecule has 1 amide bonds. The zero-order valence-electron chi connectivity index (χ0n) is 11.4. The fourth-order valence-corrected chi connectivity index (χ4v) is 3.50. The lowest BCUT2D eigenvalue weighted by atomic mass is 10.2. The van der Waals surface area contributed by atoms with Crippen LogP contribution in [0.1, 0.15) is 5.69 Å². The number of halogens is 2. The number of hydrogen-bond donors (Lipinski definition) is 1. The lowest BCUT2D eigenvalue weighted by Gasteiger charge is -2.03. The molecule has 0 unspecified atom stereocenters. The second-order valence-corrected chi connectivity index (χ2v) is 7.19. The first-order valence-electron chi connectivity index (χ1n) is 6.31. The van der Waals surface area contributed by atoms with Crippen LogP contribution in [0.5, 0.6) is 0 Å². The third-order valence-corrected chi connectivity index (χ3v) is 5.42. The maximum atomic E-state index is 11.9. The number of allylic oxidation sites excluding steroid dienone is 2. The molecule has 2 heterocycles. The molecule has 1 fully saturated rings. The first-order chi connectivity index (χ1) is 10.5. The van der Waals surface area contributed by atoms with E-state index in [4.69, 9.17) is 35.4 Å². The number of carbonyl (C=O) groups is 1. The van der Waals surface area contributed by atoms with E-state index in [1.807, 2.05) is 24.3 Å². The smallest absolute Gasteiger partial charge is 0.265 e. The molecule has 1 aliphatic heterocycles. The Morgan fingerprint density at radius 3 is 2.68 bits per heavy atom. The van der Waals surface area contributed by atoms with Gasteiger partial charge < -0.3 is 4.98 Å². The van der Waals surface area contributed by atoms with Gasteiger partial charge in [0.15, 0.2) is 0 Å². The third kappa shape index (κ3) is 2.94. The molecule has 22 heavy (non-hydrogen) atoms. The first kappa shape index (κ1) is 15.6. The molecule has 0 spiro atoms. The Balaban J connectivity index is 1.84. The van der Waals surface area contributed by atoms with Crippen molar-refractivity contribution < 1.29 is 4.79 Å². The second kappa shape index (κ2) is 6.08. The van der Waals surface area contributed by atoms with Gasteiger partial charge in [-0.05, 0) is 30.4 Å². The molecule has 1 N–H and O–H groups in total. The number of thiocarbonyl (C=S) groups is 1. The van der Waals surface area contributed by atoms with E-state index in [-0.39, 0.29) is 5.91 Å². The summed E-state index contributed by atoms with van der Waals surface area (Å²) in [5.41, 5.74) is 1.81. The van der Waals surface area contributed by atoms with E-state index in [0.29, 0.717) is 19.3 Å². The first-order valence-corrected chi connectivity index (χ1v) is 8.30. The molecule has 1 aliphatic rings. The Morgan fingerprint density at radius 1 is 1.27 bits per heavy atom. The van der Waals surface area contributed by atoms with Crippen LogP contribution in [0.25, 0.3) is 17.0 Å². The van der Waals surface area contributed by atoms with Crippen molar-refractivity contribution in [3.8, 4) is 0 Å². The molecular formula is C15H10Cl2N2OS2. The number of benzene rings is 1. The highest BCUT2D eigenvalue weighted by Crippen LogP contribution is 2.30. The average Bonchev–Trinajstić information content (AvgIpc) is 2.96. The molecule has 0 radical (unpaired) electrons. The number of aromatic nitrogens is 1. The van der Waals surface area contributed by atoms with Crippen molar-refractivity contribution in [2.45, 2.75) is 0 Å². The van der Waals surface area contributed by atoms with Gasteiger partial charge in [0.05, 0.1) is 15.0 Å². The summed E-state index contributed by atoms with van der Waals surface area (Å²) in [6.07, 6.45) is 5.45. The summed E-state index contributed by atoms with van der Waals surface area (Å²) in [6, 6.07) is 5.57. The topological polar surface area (TPSA) is 36.1 Å². The number of hydrogen-bond acceptors (Lipinski definition) is 3. The molecule has 1 aromatic carbocycles. The van der Waals surface area contributed by atoms with Gasteiger partial charge in [0.2, 0.25) is 0 Å². The van der Waals surface area contributed by atoms with E-state index >= 15 is 0 Å². The zero-order chi connectivity index (χ0) is 15.9. The highest BCUT2D eigenvalue weighted by molar-refractivity contribution is 8.26. The number of carbonyl (C=O) groups excluding carboxylic acids is 1. The molecule has 3 rings (SSSR count). The van der Waals surface area contributed by atoms with Crippen LogP contribution < -0.4 is 0 Å².